The second-order valence-electron chi connectivity index (χ2n) is 3.33. The fraction of sp³-hybridized carbons (Fsp3) is 0.333. The maximum atomic E-state index is 13.1. The van der Waals surface area contributed by atoms with Gasteiger partial charge in [0.15, 0.2) is 11.5 Å². The summed E-state index contributed by atoms with van der Waals surface area (Å²) in [5.41, 5.74) is 4.14. The summed E-state index contributed by atoms with van der Waals surface area (Å²) in [5, 5.41) is 8.47. The smallest absolute Gasteiger partial charge is 0.390 e. The van der Waals surface area contributed by atoms with Crippen LogP contribution in [0.5, 0.6) is 0 Å². The normalized spacial score (nSPS) is 13.5. The van der Waals surface area contributed by atoms with Crippen molar-refractivity contribution in [3.8, 4) is 0 Å². The predicted molar refractivity (Wildman–Crippen MR) is 48.8 cm³/mol. The van der Waals surface area contributed by atoms with Crippen LogP contribution >= 0.6 is 0 Å². The van der Waals surface area contributed by atoms with E-state index in [0.717, 1.165) is 6.20 Å². The molecular weight excluding hydrogens is 244 g/mol. The third-order valence-electron chi connectivity index (χ3n) is 1.94. The molecule has 0 aliphatic rings. The molecule has 0 aliphatic carbocycles. The molecule has 0 saturated carbocycles. The minimum absolute atomic E-state index is 0.204. The van der Waals surface area contributed by atoms with Crippen molar-refractivity contribution in [2.24, 2.45) is 5.73 Å². The summed E-state index contributed by atoms with van der Waals surface area (Å²) in [4.78, 5) is 13.6. The van der Waals surface area contributed by atoms with Gasteiger partial charge in [0.25, 0.3) is 0 Å². The van der Waals surface area contributed by atoms with Crippen molar-refractivity contribution in [3.63, 3.8) is 0 Å². The first-order chi connectivity index (χ1) is 7.70. The number of carbonyl (C=O) groups is 1. The van der Waals surface area contributed by atoms with E-state index in [1.807, 2.05) is 0 Å². The van der Waals surface area contributed by atoms with Crippen molar-refractivity contribution in [2.75, 3.05) is 0 Å². The maximum Gasteiger partial charge on any atom is 0.390 e. The van der Waals surface area contributed by atoms with Gasteiger partial charge in [-0.25, -0.2) is 14.2 Å². The lowest BCUT2D eigenvalue weighted by atomic mass is 10.1. The van der Waals surface area contributed by atoms with E-state index in [1.165, 1.54) is 0 Å². The lowest BCUT2D eigenvalue weighted by molar-refractivity contribution is -0.138. The molecule has 0 unspecified atom stereocenters. The third-order valence-corrected chi connectivity index (χ3v) is 1.94. The Labute approximate surface area is 93.1 Å². The summed E-state index contributed by atoms with van der Waals surface area (Å²) in [6, 6.07) is -0.827. The van der Waals surface area contributed by atoms with Gasteiger partial charge in [-0.3, -0.25) is 0 Å². The zero-order valence-corrected chi connectivity index (χ0v) is 8.33. The highest BCUT2D eigenvalue weighted by molar-refractivity contribution is 5.85. The lowest BCUT2D eigenvalue weighted by Gasteiger charge is -2.14. The first kappa shape index (κ1) is 13.4. The van der Waals surface area contributed by atoms with Crippen molar-refractivity contribution in [1.29, 1.82) is 0 Å². The number of aromatic carboxylic acids is 1. The van der Waals surface area contributed by atoms with Crippen molar-refractivity contribution >= 4 is 5.97 Å². The van der Waals surface area contributed by atoms with Crippen LogP contribution in [0.1, 0.15) is 28.5 Å². The zero-order chi connectivity index (χ0) is 13.2. The number of hydrogen-bond donors (Lipinski definition) is 2. The van der Waals surface area contributed by atoms with Crippen LogP contribution in [0, 0.1) is 5.82 Å². The van der Waals surface area contributed by atoms with Crippen molar-refractivity contribution in [1.82, 2.24) is 4.98 Å². The summed E-state index contributed by atoms with van der Waals surface area (Å²) in [6.45, 7) is 0. The van der Waals surface area contributed by atoms with Crippen LogP contribution < -0.4 is 5.73 Å². The van der Waals surface area contributed by atoms with E-state index in [2.05, 4.69) is 4.98 Å². The number of nitrogens with zero attached hydrogens (tertiary/aromatic N) is 1. The highest BCUT2D eigenvalue weighted by atomic mass is 19.4. The van der Waals surface area contributed by atoms with Crippen LogP contribution in [0.25, 0.3) is 0 Å². The summed E-state index contributed by atoms with van der Waals surface area (Å²) < 4.78 is 49.1. The van der Waals surface area contributed by atoms with Gasteiger partial charge in [-0.1, -0.05) is 0 Å². The number of nitrogens with two attached hydrogens (primary N) is 1. The molecule has 0 spiro atoms. The van der Waals surface area contributed by atoms with E-state index < -0.39 is 36.1 Å². The van der Waals surface area contributed by atoms with E-state index in [0.29, 0.717) is 6.07 Å². The van der Waals surface area contributed by atoms with Gasteiger partial charge in [-0.05, 0) is 11.6 Å². The zero-order valence-electron chi connectivity index (χ0n) is 8.33. The Morgan fingerprint density at radius 1 is 1.53 bits per heavy atom. The van der Waals surface area contributed by atoms with Gasteiger partial charge in [-0.15, -0.1) is 0 Å². The fourth-order valence-electron chi connectivity index (χ4n) is 1.18. The highest BCUT2D eigenvalue weighted by Gasteiger charge is 2.31. The quantitative estimate of drug-likeness (QED) is 0.805. The van der Waals surface area contributed by atoms with Gasteiger partial charge in [0, 0.05) is 12.2 Å². The molecule has 17 heavy (non-hydrogen) atoms. The molecule has 94 valence electrons. The predicted octanol–water partition coefficient (Wildman–Crippen LogP) is 1.87. The molecule has 3 N–H and O–H groups in total. The van der Waals surface area contributed by atoms with E-state index in [-0.39, 0.29) is 5.56 Å². The molecule has 1 aromatic heterocycles. The Balaban J connectivity index is 2.94. The topological polar surface area (TPSA) is 76.2 Å². The van der Waals surface area contributed by atoms with Gasteiger partial charge in [-0.2, -0.15) is 13.2 Å². The van der Waals surface area contributed by atoms with Crippen molar-refractivity contribution in [3.05, 3.63) is 29.3 Å². The number of halogens is 4. The average Bonchev–Trinajstić information content (AvgIpc) is 2.14. The largest absolute Gasteiger partial charge is 0.476 e. The van der Waals surface area contributed by atoms with Crippen LogP contribution in [0.4, 0.5) is 17.6 Å². The number of rotatable bonds is 3. The van der Waals surface area contributed by atoms with E-state index >= 15 is 0 Å². The average molecular weight is 252 g/mol. The number of aromatic nitrogens is 1. The number of pyridine rings is 1. The summed E-state index contributed by atoms with van der Waals surface area (Å²) >= 11 is 0. The lowest BCUT2D eigenvalue weighted by Crippen LogP contribution is -2.21. The second kappa shape index (κ2) is 4.66. The molecule has 0 amide bonds. The molecule has 8 heteroatoms. The van der Waals surface area contributed by atoms with Gasteiger partial charge < -0.3 is 10.8 Å². The first-order valence-electron chi connectivity index (χ1n) is 4.42. The number of alkyl halides is 3. The van der Waals surface area contributed by atoms with Crippen LogP contribution in [-0.4, -0.2) is 22.2 Å². The van der Waals surface area contributed by atoms with E-state index in [1.54, 1.807) is 0 Å². The summed E-state index contributed by atoms with van der Waals surface area (Å²) in [7, 11) is 0. The minimum Gasteiger partial charge on any atom is -0.476 e. The molecule has 1 atom stereocenters. The summed E-state index contributed by atoms with van der Waals surface area (Å²) in [5.74, 6) is -2.81. The first-order valence-corrected chi connectivity index (χ1v) is 4.42. The molecule has 4 nitrogen and oxygen atoms in total. The minimum atomic E-state index is -4.48. The van der Waals surface area contributed by atoms with Crippen LogP contribution in [0.15, 0.2) is 12.3 Å². The Morgan fingerprint density at radius 3 is 2.53 bits per heavy atom. The molecule has 1 heterocycles. The summed E-state index contributed by atoms with van der Waals surface area (Å²) in [6.07, 6.45) is -5.00. The molecule has 1 aromatic rings. The Bertz CT molecular complexity index is 433. The molecule has 0 aromatic carbocycles. The number of hydrogen-bond acceptors (Lipinski definition) is 3. The van der Waals surface area contributed by atoms with Crippen LogP contribution in [0.3, 0.4) is 0 Å². The molecule has 1 rings (SSSR count). The molecular formula is C9H8F4N2O2. The van der Waals surface area contributed by atoms with Crippen molar-refractivity contribution < 1.29 is 27.5 Å². The van der Waals surface area contributed by atoms with Gasteiger partial charge in [0.1, 0.15) is 0 Å². The van der Waals surface area contributed by atoms with Gasteiger partial charge in [0.2, 0.25) is 0 Å². The SMILES string of the molecule is N[C@@H](CC(F)(F)F)c1cnc(C(=O)O)c(F)c1. The molecule has 0 radical (unpaired) electrons. The highest BCUT2D eigenvalue weighted by Crippen LogP contribution is 2.27. The standard InChI is InChI=1S/C9H8F4N2O2/c10-5-1-4(3-15-7(5)8(16)17)6(14)2-9(11,12)13/h1,3,6H,2,14H2,(H,16,17)/t6-/m0/s1. The van der Waals surface area contributed by atoms with Crippen LogP contribution in [0.2, 0.25) is 0 Å². The maximum absolute atomic E-state index is 13.1. The van der Waals surface area contributed by atoms with Crippen LogP contribution in [-0.2, 0) is 0 Å². The Kier molecular flexibility index (Phi) is 3.66. The van der Waals surface area contributed by atoms with Crippen molar-refractivity contribution in [2.45, 2.75) is 18.6 Å². The monoisotopic (exact) mass is 252 g/mol. The number of carboxylic acid groups (broad SMARTS) is 1. The van der Waals surface area contributed by atoms with Gasteiger partial charge >= 0.3 is 12.1 Å². The van der Waals surface area contributed by atoms with E-state index in [9.17, 15) is 22.4 Å². The van der Waals surface area contributed by atoms with E-state index in [4.69, 9.17) is 10.8 Å². The van der Waals surface area contributed by atoms with Gasteiger partial charge in [0.05, 0.1) is 6.42 Å². The second-order valence-corrected chi connectivity index (χ2v) is 3.33. The molecule has 0 bridgehead atoms. The Morgan fingerprint density at radius 2 is 2.12 bits per heavy atom. The molecule has 0 saturated heterocycles. The fourth-order valence-corrected chi connectivity index (χ4v) is 1.18. The number of carboxylic acids is 1. The molecule has 0 aliphatic heterocycles. The third kappa shape index (κ3) is 3.66. The Hall–Kier alpha value is -1.70. The molecule has 0 fully saturated rings.